The highest BCUT2D eigenvalue weighted by molar-refractivity contribution is 5.11. The number of ether oxygens (including phenoxy) is 1. The lowest BCUT2D eigenvalue weighted by Gasteiger charge is -2.01. The molecule has 1 N–H and O–H groups in total. The van der Waals surface area contributed by atoms with Gasteiger partial charge in [-0.2, -0.15) is 5.10 Å². The number of aromatic nitrogens is 2. The number of aliphatic hydroxyl groups excluding tert-OH is 1. The van der Waals surface area contributed by atoms with Gasteiger partial charge in [-0.3, -0.25) is 4.68 Å². The molecular weight excluding hydrogens is 192 g/mol. The summed E-state index contributed by atoms with van der Waals surface area (Å²) < 4.78 is 7.32. The first kappa shape index (κ1) is 12.0. The van der Waals surface area contributed by atoms with E-state index in [2.05, 4.69) is 12.0 Å². The summed E-state index contributed by atoms with van der Waals surface area (Å²) in [4.78, 5) is 0. The molecule has 0 amide bonds. The summed E-state index contributed by atoms with van der Waals surface area (Å²) in [5.41, 5.74) is 0. The van der Waals surface area contributed by atoms with E-state index in [1.807, 2.05) is 6.20 Å². The quantitative estimate of drug-likeness (QED) is 0.669. The lowest BCUT2D eigenvalue weighted by atomic mass is 10.3. The highest BCUT2D eigenvalue weighted by Crippen LogP contribution is 2.09. The normalized spacial score (nSPS) is 10.5. The van der Waals surface area contributed by atoms with Gasteiger partial charge in [-0.25, -0.2) is 0 Å². The molecule has 1 rings (SSSR count). The first-order valence-corrected chi connectivity index (χ1v) is 5.63. The van der Waals surface area contributed by atoms with E-state index in [-0.39, 0.29) is 6.61 Å². The predicted molar refractivity (Wildman–Crippen MR) is 58.9 cm³/mol. The number of nitrogens with zero attached hydrogens (tertiary/aromatic N) is 2. The molecule has 0 aliphatic heterocycles. The van der Waals surface area contributed by atoms with Crippen LogP contribution in [0.15, 0.2) is 12.4 Å². The van der Waals surface area contributed by atoms with Crippen molar-refractivity contribution in [1.29, 1.82) is 0 Å². The molecule has 4 heteroatoms. The van der Waals surface area contributed by atoms with Gasteiger partial charge < -0.3 is 9.84 Å². The van der Waals surface area contributed by atoms with Crippen molar-refractivity contribution in [3.63, 3.8) is 0 Å². The van der Waals surface area contributed by atoms with E-state index >= 15 is 0 Å². The molecule has 0 bridgehead atoms. The summed E-state index contributed by atoms with van der Waals surface area (Å²) in [6.45, 7) is 3.88. The average Bonchev–Trinajstić information content (AvgIpc) is 2.69. The van der Waals surface area contributed by atoms with E-state index in [4.69, 9.17) is 9.84 Å². The lowest BCUT2D eigenvalue weighted by Crippen LogP contribution is -2.00. The van der Waals surface area contributed by atoms with Gasteiger partial charge in [-0.05, 0) is 12.8 Å². The van der Waals surface area contributed by atoms with Crippen molar-refractivity contribution in [3.8, 4) is 5.75 Å². The molecule has 0 atom stereocenters. The predicted octanol–water partition coefficient (Wildman–Crippen LogP) is 1.83. The van der Waals surface area contributed by atoms with Gasteiger partial charge in [-0.1, -0.05) is 19.8 Å². The van der Waals surface area contributed by atoms with Crippen molar-refractivity contribution in [3.05, 3.63) is 12.4 Å². The maximum atomic E-state index is 8.66. The van der Waals surface area contributed by atoms with E-state index in [9.17, 15) is 0 Å². The number of unbranched alkanes of at least 4 members (excludes halogenated alkanes) is 2. The largest absolute Gasteiger partial charge is 0.490 e. The van der Waals surface area contributed by atoms with Crippen LogP contribution in [0.2, 0.25) is 0 Å². The number of hydrogen-bond donors (Lipinski definition) is 1. The molecule has 0 aliphatic carbocycles. The minimum Gasteiger partial charge on any atom is -0.490 e. The minimum absolute atomic E-state index is 0.201. The number of aliphatic hydroxyl groups is 1. The fraction of sp³-hybridized carbons (Fsp3) is 0.727. The Balaban J connectivity index is 2.20. The Morgan fingerprint density at radius 3 is 3.00 bits per heavy atom. The van der Waals surface area contributed by atoms with Crippen LogP contribution < -0.4 is 4.74 Å². The fourth-order valence-electron chi connectivity index (χ4n) is 1.32. The van der Waals surface area contributed by atoms with E-state index in [1.165, 1.54) is 12.8 Å². The summed E-state index contributed by atoms with van der Waals surface area (Å²) >= 11 is 0. The molecule has 1 aromatic rings. The van der Waals surface area contributed by atoms with Gasteiger partial charge in [0, 0.05) is 13.2 Å². The summed E-state index contributed by atoms with van der Waals surface area (Å²) in [7, 11) is 0. The van der Waals surface area contributed by atoms with Gasteiger partial charge in [-0.15, -0.1) is 0 Å². The maximum Gasteiger partial charge on any atom is 0.157 e. The summed E-state index contributed by atoms with van der Waals surface area (Å²) in [5, 5.41) is 12.8. The van der Waals surface area contributed by atoms with E-state index in [1.54, 1.807) is 10.9 Å². The van der Waals surface area contributed by atoms with Gasteiger partial charge in [0.05, 0.1) is 19.0 Å². The highest BCUT2D eigenvalue weighted by atomic mass is 16.5. The molecule has 0 saturated carbocycles. The second-order valence-corrected chi connectivity index (χ2v) is 3.57. The smallest absolute Gasteiger partial charge is 0.157 e. The molecule has 0 saturated heterocycles. The second kappa shape index (κ2) is 7.29. The fourth-order valence-corrected chi connectivity index (χ4v) is 1.32. The zero-order valence-electron chi connectivity index (χ0n) is 9.35. The third kappa shape index (κ3) is 4.83. The first-order chi connectivity index (χ1) is 7.36. The topological polar surface area (TPSA) is 47.3 Å². The molecule has 15 heavy (non-hydrogen) atoms. The van der Waals surface area contributed by atoms with Gasteiger partial charge >= 0.3 is 0 Å². The van der Waals surface area contributed by atoms with Crippen LogP contribution in [-0.4, -0.2) is 28.1 Å². The zero-order chi connectivity index (χ0) is 10.9. The Morgan fingerprint density at radius 2 is 2.27 bits per heavy atom. The summed E-state index contributed by atoms with van der Waals surface area (Å²) in [5.74, 6) is 0.823. The van der Waals surface area contributed by atoms with Crippen LogP contribution in [0.1, 0.15) is 32.6 Å². The number of rotatable bonds is 8. The zero-order valence-corrected chi connectivity index (χ0v) is 9.35. The average molecular weight is 212 g/mol. The molecule has 1 aromatic heterocycles. The van der Waals surface area contributed by atoms with Crippen LogP contribution in [0.5, 0.6) is 5.75 Å². The highest BCUT2D eigenvalue weighted by Gasteiger charge is 1.98. The number of hydrogen-bond acceptors (Lipinski definition) is 3. The van der Waals surface area contributed by atoms with E-state index < -0.39 is 0 Å². The number of aryl methyl sites for hydroxylation is 1. The van der Waals surface area contributed by atoms with Crippen LogP contribution in [0.25, 0.3) is 0 Å². The van der Waals surface area contributed by atoms with Crippen molar-refractivity contribution in [1.82, 2.24) is 9.78 Å². The lowest BCUT2D eigenvalue weighted by molar-refractivity contribution is 0.276. The Hall–Kier alpha value is -1.03. The van der Waals surface area contributed by atoms with Crippen molar-refractivity contribution in [2.75, 3.05) is 13.2 Å². The van der Waals surface area contributed by atoms with Crippen LogP contribution in [0, 0.1) is 0 Å². The maximum absolute atomic E-state index is 8.66. The Labute approximate surface area is 90.9 Å². The molecule has 0 spiro atoms. The molecule has 4 nitrogen and oxygen atoms in total. The summed E-state index contributed by atoms with van der Waals surface area (Å²) in [6.07, 6.45) is 7.85. The van der Waals surface area contributed by atoms with Crippen molar-refractivity contribution < 1.29 is 9.84 Å². The van der Waals surface area contributed by atoms with Crippen molar-refractivity contribution in [2.45, 2.75) is 39.2 Å². The van der Waals surface area contributed by atoms with E-state index in [0.717, 1.165) is 31.7 Å². The third-order valence-electron chi connectivity index (χ3n) is 2.17. The molecule has 1 heterocycles. The SMILES string of the molecule is CCCCCOc1cnn(CCCO)c1. The van der Waals surface area contributed by atoms with Crippen LogP contribution in [0.4, 0.5) is 0 Å². The van der Waals surface area contributed by atoms with Crippen molar-refractivity contribution >= 4 is 0 Å². The Morgan fingerprint density at radius 1 is 1.40 bits per heavy atom. The van der Waals surface area contributed by atoms with E-state index in [0.29, 0.717) is 0 Å². The molecule has 86 valence electrons. The second-order valence-electron chi connectivity index (χ2n) is 3.57. The van der Waals surface area contributed by atoms with Gasteiger partial charge in [0.25, 0.3) is 0 Å². The monoisotopic (exact) mass is 212 g/mol. The molecule has 0 unspecified atom stereocenters. The first-order valence-electron chi connectivity index (χ1n) is 5.63. The molecule has 0 aliphatic rings. The van der Waals surface area contributed by atoms with Gasteiger partial charge in [0.1, 0.15) is 0 Å². The summed E-state index contributed by atoms with van der Waals surface area (Å²) in [6, 6.07) is 0. The minimum atomic E-state index is 0.201. The van der Waals surface area contributed by atoms with Crippen LogP contribution in [-0.2, 0) is 6.54 Å². The van der Waals surface area contributed by atoms with Crippen LogP contribution >= 0.6 is 0 Å². The van der Waals surface area contributed by atoms with Gasteiger partial charge in [0.15, 0.2) is 5.75 Å². The molecule has 0 radical (unpaired) electrons. The Bertz CT molecular complexity index is 261. The molecule has 0 fully saturated rings. The van der Waals surface area contributed by atoms with Gasteiger partial charge in [0.2, 0.25) is 0 Å². The Kier molecular flexibility index (Phi) is 5.85. The molecular formula is C11H20N2O2. The van der Waals surface area contributed by atoms with Crippen molar-refractivity contribution in [2.24, 2.45) is 0 Å². The van der Waals surface area contributed by atoms with Crippen LogP contribution in [0.3, 0.4) is 0 Å². The molecule has 0 aromatic carbocycles. The third-order valence-corrected chi connectivity index (χ3v) is 2.17. The standard InChI is InChI=1S/C11H20N2O2/c1-2-3-4-8-15-11-9-12-13(10-11)6-5-7-14/h9-10,14H,2-8H2,1H3.